The molecule has 6 N–H and O–H groups in total. The van der Waals surface area contributed by atoms with Crippen molar-refractivity contribution in [1.82, 2.24) is 5.32 Å². The second-order valence-electron chi connectivity index (χ2n) is 5.04. The van der Waals surface area contributed by atoms with E-state index in [4.69, 9.17) is 11.5 Å². The van der Waals surface area contributed by atoms with Crippen molar-refractivity contribution in [1.29, 1.82) is 0 Å². The van der Waals surface area contributed by atoms with E-state index in [0.717, 1.165) is 12.0 Å². The minimum Gasteiger partial charge on any atom is -0.352 e. The van der Waals surface area contributed by atoms with Crippen molar-refractivity contribution >= 4 is 30.0 Å². The van der Waals surface area contributed by atoms with Gasteiger partial charge in [-0.15, -0.1) is 12.4 Å². The Hall–Kier alpha value is -1.79. The molecule has 0 aliphatic carbocycles. The van der Waals surface area contributed by atoms with Crippen molar-refractivity contribution in [3.05, 3.63) is 29.8 Å². The standard InChI is InChI=1S/C14H22N4O2.ClH/c1-3-8-14(2,16)12(19)18-11-6-4-10(5-7-11)9-17-13(15)20;/h4-7H,3,8-9,16H2,1-2H3,(H,18,19)(H3,15,17,20);1H. The summed E-state index contributed by atoms with van der Waals surface area (Å²) in [5.41, 5.74) is 11.6. The summed E-state index contributed by atoms with van der Waals surface area (Å²) in [4.78, 5) is 22.6. The Morgan fingerprint density at radius 3 is 2.29 bits per heavy atom. The van der Waals surface area contributed by atoms with Crippen molar-refractivity contribution in [3.8, 4) is 0 Å². The highest BCUT2D eigenvalue weighted by Gasteiger charge is 2.26. The van der Waals surface area contributed by atoms with Gasteiger partial charge in [-0.3, -0.25) is 4.79 Å². The molecule has 1 unspecified atom stereocenters. The largest absolute Gasteiger partial charge is 0.352 e. The van der Waals surface area contributed by atoms with Gasteiger partial charge in [0.25, 0.3) is 0 Å². The van der Waals surface area contributed by atoms with Crippen LogP contribution in [0.4, 0.5) is 10.5 Å². The fourth-order valence-corrected chi connectivity index (χ4v) is 1.80. The van der Waals surface area contributed by atoms with Gasteiger partial charge in [0.2, 0.25) is 5.91 Å². The number of nitrogens with one attached hydrogen (secondary N) is 2. The lowest BCUT2D eigenvalue weighted by atomic mass is 9.96. The monoisotopic (exact) mass is 314 g/mol. The number of primary amides is 1. The summed E-state index contributed by atoms with van der Waals surface area (Å²) in [5, 5.41) is 5.28. The van der Waals surface area contributed by atoms with Crippen LogP contribution in [-0.4, -0.2) is 17.5 Å². The second-order valence-corrected chi connectivity index (χ2v) is 5.04. The van der Waals surface area contributed by atoms with Crippen LogP contribution in [0, 0.1) is 0 Å². The van der Waals surface area contributed by atoms with Crippen LogP contribution < -0.4 is 22.1 Å². The third-order valence-electron chi connectivity index (χ3n) is 2.97. The Balaban J connectivity index is 0.00000400. The first-order chi connectivity index (χ1) is 9.35. The van der Waals surface area contributed by atoms with E-state index in [9.17, 15) is 9.59 Å². The Morgan fingerprint density at radius 2 is 1.81 bits per heavy atom. The summed E-state index contributed by atoms with van der Waals surface area (Å²) in [6.07, 6.45) is 1.47. The lowest BCUT2D eigenvalue weighted by molar-refractivity contribution is -0.120. The van der Waals surface area contributed by atoms with E-state index in [-0.39, 0.29) is 18.3 Å². The Kier molecular flexibility index (Phi) is 7.76. The van der Waals surface area contributed by atoms with E-state index in [1.807, 2.05) is 6.92 Å². The molecule has 0 heterocycles. The first-order valence-electron chi connectivity index (χ1n) is 6.57. The number of benzene rings is 1. The number of amides is 3. The molecule has 21 heavy (non-hydrogen) atoms. The summed E-state index contributed by atoms with van der Waals surface area (Å²) in [6.45, 7) is 4.06. The first kappa shape index (κ1) is 19.2. The molecular formula is C14H23ClN4O2. The van der Waals surface area contributed by atoms with Crippen LogP contribution in [0.25, 0.3) is 0 Å². The molecule has 118 valence electrons. The lowest BCUT2D eigenvalue weighted by Crippen LogP contribution is -2.48. The van der Waals surface area contributed by atoms with Crippen LogP contribution in [-0.2, 0) is 11.3 Å². The van der Waals surface area contributed by atoms with E-state index in [1.54, 1.807) is 31.2 Å². The average molecular weight is 315 g/mol. The highest BCUT2D eigenvalue weighted by Crippen LogP contribution is 2.14. The number of hydrogen-bond acceptors (Lipinski definition) is 3. The smallest absolute Gasteiger partial charge is 0.312 e. The van der Waals surface area contributed by atoms with Gasteiger partial charge in [-0.1, -0.05) is 25.5 Å². The van der Waals surface area contributed by atoms with Crippen LogP contribution >= 0.6 is 12.4 Å². The van der Waals surface area contributed by atoms with Crippen LogP contribution in [0.5, 0.6) is 0 Å². The minimum absolute atomic E-state index is 0. The lowest BCUT2D eigenvalue weighted by Gasteiger charge is -2.22. The van der Waals surface area contributed by atoms with Gasteiger partial charge >= 0.3 is 6.03 Å². The van der Waals surface area contributed by atoms with Crippen LogP contribution in [0.3, 0.4) is 0 Å². The molecule has 0 fully saturated rings. The van der Waals surface area contributed by atoms with Crippen molar-refractivity contribution in [2.24, 2.45) is 11.5 Å². The predicted molar refractivity (Wildman–Crippen MR) is 86.2 cm³/mol. The van der Waals surface area contributed by atoms with E-state index in [2.05, 4.69) is 10.6 Å². The molecule has 0 bridgehead atoms. The maximum Gasteiger partial charge on any atom is 0.312 e. The van der Waals surface area contributed by atoms with Gasteiger partial charge in [0, 0.05) is 12.2 Å². The van der Waals surface area contributed by atoms with Gasteiger partial charge in [-0.05, 0) is 31.0 Å². The molecule has 0 saturated carbocycles. The third kappa shape index (κ3) is 6.46. The average Bonchev–Trinajstić information content (AvgIpc) is 2.37. The van der Waals surface area contributed by atoms with Gasteiger partial charge in [0.1, 0.15) is 0 Å². The molecule has 1 rings (SSSR count). The molecular weight excluding hydrogens is 292 g/mol. The number of carbonyl (C=O) groups excluding carboxylic acids is 2. The number of carbonyl (C=O) groups is 2. The minimum atomic E-state index is -0.874. The summed E-state index contributed by atoms with van der Waals surface area (Å²) in [7, 11) is 0. The summed E-state index contributed by atoms with van der Waals surface area (Å²) in [6, 6.07) is 6.56. The van der Waals surface area contributed by atoms with Gasteiger partial charge in [0.05, 0.1) is 5.54 Å². The molecule has 0 radical (unpaired) electrons. The normalized spacial score (nSPS) is 12.7. The van der Waals surface area contributed by atoms with Gasteiger partial charge in [-0.2, -0.15) is 0 Å². The molecule has 0 spiro atoms. The van der Waals surface area contributed by atoms with E-state index < -0.39 is 11.6 Å². The van der Waals surface area contributed by atoms with E-state index in [1.165, 1.54) is 0 Å². The fraction of sp³-hybridized carbons (Fsp3) is 0.429. The van der Waals surface area contributed by atoms with Crippen LogP contribution in [0.2, 0.25) is 0 Å². The molecule has 6 nitrogen and oxygen atoms in total. The van der Waals surface area contributed by atoms with Crippen molar-refractivity contribution in [3.63, 3.8) is 0 Å². The highest BCUT2D eigenvalue weighted by atomic mass is 35.5. The molecule has 1 aromatic carbocycles. The zero-order chi connectivity index (χ0) is 15.2. The van der Waals surface area contributed by atoms with Crippen LogP contribution in [0.1, 0.15) is 32.3 Å². The first-order valence-corrected chi connectivity index (χ1v) is 6.57. The molecule has 0 aromatic heterocycles. The molecule has 7 heteroatoms. The molecule has 3 amide bonds. The quantitative estimate of drug-likeness (QED) is 0.641. The number of anilines is 1. The Labute approximate surface area is 131 Å². The number of urea groups is 1. The summed E-state index contributed by atoms with van der Waals surface area (Å²) >= 11 is 0. The number of nitrogens with two attached hydrogens (primary N) is 2. The zero-order valence-corrected chi connectivity index (χ0v) is 13.1. The topological polar surface area (TPSA) is 110 Å². The Bertz CT molecular complexity index is 474. The van der Waals surface area contributed by atoms with Gasteiger partial charge < -0.3 is 22.1 Å². The fourth-order valence-electron chi connectivity index (χ4n) is 1.80. The molecule has 1 atom stereocenters. The maximum absolute atomic E-state index is 12.0. The molecule has 1 aromatic rings. The highest BCUT2D eigenvalue weighted by molar-refractivity contribution is 5.97. The summed E-state index contributed by atoms with van der Waals surface area (Å²) < 4.78 is 0. The van der Waals surface area contributed by atoms with E-state index in [0.29, 0.717) is 18.7 Å². The SMILES string of the molecule is CCCC(C)(N)C(=O)Nc1ccc(CNC(N)=O)cc1.Cl. The maximum atomic E-state index is 12.0. The third-order valence-corrected chi connectivity index (χ3v) is 2.97. The number of hydrogen-bond donors (Lipinski definition) is 4. The second kappa shape index (κ2) is 8.49. The molecule has 0 aliphatic heterocycles. The van der Waals surface area contributed by atoms with Gasteiger partial charge in [0.15, 0.2) is 0 Å². The van der Waals surface area contributed by atoms with Crippen LogP contribution in [0.15, 0.2) is 24.3 Å². The van der Waals surface area contributed by atoms with Crippen molar-refractivity contribution < 1.29 is 9.59 Å². The number of rotatable bonds is 6. The molecule has 0 saturated heterocycles. The molecule has 0 aliphatic rings. The number of halogens is 1. The van der Waals surface area contributed by atoms with Gasteiger partial charge in [-0.25, -0.2) is 4.79 Å². The van der Waals surface area contributed by atoms with E-state index >= 15 is 0 Å². The predicted octanol–water partition coefficient (Wildman–Crippen LogP) is 1.73. The van der Waals surface area contributed by atoms with Crippen molar-refractivity contribution in [2.75, 3.05) is 5.32 Å². The zero-order valence-electron chi connectivity index (χ0n) is 12.3. The summed E-state index contributed by atoms with van der Waals surface area (Å²) in [5.74, 6) is -0.206. The Morgan fingerprint density at radius 1 is 1.24 bits per heavy atom. The van der Waals surface area contributed by atoms with Crippen molar-refractivity contribution in [2.45, 2.75) is 38.8 Å².